The van der Waals surface area contributed by atoms with Gasteiger partial charge in [0.05, 0.1) is 7.11 Å². The van der Waals surface area contributed by atoms with E-state index in [2.05, 4.69) is 32.9 Å². The molecular weight excluding hydrogens is 232 g/mol. The first-order chi connectivity index (χ1) is 7.98. The van der Waals surface area contributed by atoms with Crippen LogP contribution in [-0.4, -0.2) is 17.8 Å². The Balaban J connectivity index is 2.28. The molecule has 0 aliphatic heterocycles. The number of esters is 1. The normalized spacial score (nSPS) is 16.7. The minimum atomic E-state index is -0.306. The van der Waals surface area contributed by atoms with Crippen molar-refractivity contribution in [2.75, 3.05) is 7.11 Å². The Morgan fingerprint density at radius 2 is 1.76 bits per heavy atom. The Morgan fingerprint density at radius 1 is 1.24 bits per heavy atom. The third-order valence-corrected chi connectivity index (χ3v) is 4.98. The molecule has 2 nitrogen and oxygen atoms in total. The first kappa shape index (κ1) is 12.5. The number of hydrogen-bond donors (Lipinski definition) is 0. The lowest BCUT2D eigenvalue weighted by molar-refractivity contribution is -0.140. The van der Waals surface area contributed by atoms with Crippen LogP contribution >= 0.6 is 11.8 Å². The fourth-order valence-corrected chi connectivity index (χ4v) is 3.47. The van der Waals surface area contributed by atoms with Gasteiger partial charge in [-0.2, -0.15) is 0 Å². The molecule has 1 aliphatic rings. The summed E-state index contributed by atoms with van der Waals surface area (Å²) in [6, 6.07) is 4.34. The molecule has 1 fully saturated rings. The van der Waals surface area contributed by atoms with Crippen molar-refractivity contribution in [3.05, 3.63) is 28.8 Å². The molecule has 17 heavy (non-hydrogen) atoms. The van der Waals surface area contributed by atoms with Gasteiger partial charge in [0.2, 0.25) is 0 Å². The fraction of sp³-hybridized carbons (Fsp3) is 0.500. The number of rotatable bonds is 3. The van der Waals surface area contributed by atoms with Gasteiger partial charge in [-0.1, -0.05) is 17.7 Å². The number of carbonyl (C=O) groups excluding carboxylic acids is 1. The number of thioether (sulfide) groups is 1. The highest BCUT2D eigenvalue weighted by molar-refractivity contribution is 8.01. The summed E-state index contributed by atoms with van der Waals surface area (Å²) in [6.45, 7) is 6.31. The zero-order chi connectivity index (χ0) is 12.6. The van der Waals surface area contributed by atoms with Gasteiger partial charge in [-0.15, -0.1) is 11.8 Å². The van der Waals surface area contributed by atoms with Crippen molar-refractivity contribution < 1.29 is 9.53 Å². The summed E-state index contributed by atoms with van der Waals surface area (Å²) in [4.78, 5) is 13.0. The smallest absolute Gasteiger partial charge is 0.322 e. The highest BCUT2D eigenvalue weighted by atomic mass is 32.2. The number of ether oxygens (including phenoxy) is 1. The van der Waals surface area contributed by atoms with Crippen LogP contribution in [0.5, 0.6) is 0 Å². The van der Waals surface area contributed by atoms with Crippen LogP contribution in [0.15, 0.2) is 17.0 Å². The summed E-state index contributed by atoms with van der Waals surface area (Å²) < 4.78 is 4.59. The molecule has 1 saturated carbocycles. The second-order valence-corrected chi connectivity index (χ2v) is 6.21. The third kappa shape index (κ3) is 2.34. The summed E-state index contributed by atoms with van der Waals surface area (Å²) in [6.07, 6.45) is 1.86. The Bertz CT molecular complexity index is 438. The SMILES string of the molecule is COC(=O)C1(Sc2c(C)cc(C)cc2C)CC1. The zero-order valence-electron chi connectivity index (χ0n) is 10.8. The number of hydrogen-bond acceptors (Lipinski definition) is 3. The second-order valence-electron chi connectivity index (χ2n) is 4.82. The van der Waals surface area contributed by atoms with Crippen molar-refractivity contribution in [3.63, 3.8) is 0 Å². The average molecular weight is 250 g/mol. The Hall–Kier alpha value is -0.960. The van der Waals surface area contributed by atoms with Gasteiger partial charge in [0.15, 0.2) is 0 Å². The molecule has 3 heteroatoms. The molecule has 0 unspecified atom stereocenters. The second kappa shape index (κ2) is 4.37. The van der Waals surface area contributed by atoms with Crippen LogP contribution in [-0.2, 0) is 9.53 Å². The van der Waals surface area contributed by atoms with Crippen LogP contribution in [0.2, 0.25) is 0 Å². The molecule has 0 atom stereocenters. The molecular formula is C14H18O2S. The lowest BCUT2D eigenvalue weighted by Crippen LogP contribution is -2.20. The van der Waals surface area contributed by atoms with E-state index >= 15 is 0 Å². The summed E-state index contributed by atoms with van der Waals surface area (Å²) in [5.41, 5.74) is 3.78. The van der Waals surface area contributed by atoms with Crippen LogP contribution in [0, 0.1) is 20.8 Å². The minimum absolute atomic E-state index is 0.0816. The summed E-state index contributed by atoms with van der Waals surface area (Å²) in [5, 5.41) is 0. The zero-order valence-corrected chi connectivity index (χ0v) is 11.6. The molecule has 0 N–H and O–H groups in total. The van der Waals surface area contributed by atoms with E-state index in [-0.39, 0.29) is 10.7 Å². The van der Waals surface area contributed by atoms with Gasteiger partial charge in [0, 0.05) is 4.90 Å². The van der Waals surface area contributed by atoms with Crippen molar-refractivity contribution >= 4 is 17.7 Å². The van der Waals surface area contributed by atoms with E-state index in [0.29, 0.717) is 0 Å². The number of carbonyl (C=O) groups is 1. The van der Waals surface area contributed by atoms with E-state index in [0.717, 1.165) is 12.8 Å². The Labute approximate surface area is 107 Å². The predicted octanol–water partition coefficient (Wildman–Crippen LogP) is 3.41. The van der Waals surface area contributed by atoms with E-state index in [9.17, 15) is 4.79 Å². The van der Waals surface area contributed by atoms with E-state index in [1.54, 1.807) is 11.8 Å². The van der Waals surface area contributed by atoms with Crippen LogP contribution in [0.1, 0.15) is 29.5 Å². The van der Waals surface area contributed by atoms with Crippen molar-refractivity contribution in [1.82, 2.24) is 0 Å². The standard InChI is InChI=1S/C14H18O2S/c1-9-7-10(2)12(11(3)8-9)17-14(5-6-14)13(15)16-4/h7-8H,5-6H2,1-4H3. The molecule has 0 radical (unpaired) electrons. The van der Waals surface area contributed by atoms with Crippen molar-refractivity contribution in [2.24, 2.45) is 0 Å². The highest BCUT2D eigenvalue weighted by Crippen LogP contribution is 2.53. The maximum absolute atomic E-state index is 11.7. The largest absolute Gasteiger partial charge is 0.468 e. The van der Waals surface area contributed by atoms with Gasteiger partial charge in [-0.25, -0.2) is 0 Å². The Kier molecular flexibility index (Phi) is 3.21. The monoisotopic (exact) mass is 250 g/mol. The van der Waals surface area contributed by atoms with Gasteiger partial charge in [-0.3, -0.25) is 4.79 Å². The summed E-state index contributed by atoms with van der Waals surface area (Å²) in [7, 11) is 1.47. The van der Waals surface area contributed by atoms with E-state index in [1.807, 2.05) is 0 Å². The van der Waals surface area contributed by atoms with Crippen LogP contribution in [0.4, 0.5) is 0 Å². The number of methoxy groups -OCH3 is 1. The Morgan fingerprint density at radius 3 is 2.18 bits per heavy atom. The molecule has 92 valence electrons. The first-order valence-electron chi connectivity index (χ1n) is 5.84. The molecule has 1 aliphatic carbocycles. The maximum Gasteiger partial charge on any atom is 0.322 e. The van der Waals surface area contributed by atoms with Gasteiger partial charge in [0.25, 0.3) is 0 Å². The quantitative estimate of drug-likeness (QED) is 0.769. The van der Waals surface area contributed by atoms with Crippen molar-refractivity contribution in [3.8, 4) is 0 Å². The van der Waals surface area contributed by atoms with Gasteiger partial charge < -0.3 is 4.74 Å². The van der Waals surface area contributed by atoms with Crippen LogP contribution in [0.3, 0.4) is 0 Å². The molecule has 0 saturated heterocycles. The highest BCUT2D eigenvalue weighted by Gasteiger charge is 2.52. The third-order valence-electron chi connectivity index (χ3n) is 3.16. The van der Waals surface area contributed by atoms with E-state index < -0.39 is 0 Å². The van der Waals surface area contributed by atoms with E-state index in [1.165, 1.54) is 28.7 Å². The topological polar surface area (TPSA) is 26.3 Å². The molecule has 0 aromatic heterocycles. The number of benzene rings is 1. The van der Waals surface area contributed by atoms with Gasteiger partial charge in [-0.05, 0) is 44.7 Å². The van der Waals surface area contributed by atoms with Crippen molar-refractivity contribution in [2.45, 2.75) is 43.3 Å². The van der Waals surface area contributed by atoms with Crippen LogP contribution < -0.4 is 0 Å². The molecule has 2 rings (SSSR count). The van der Waals surface area contributed by atoms with Crippen molar-refractivity contribution in [1.29, 1.82) is 0 Å². The molecule has 0 bridgehead atoms. The number of aryl methyl sites for hydroxylation is 3. The first-order valence-corrected chi connectivity index (χ1v) is 6.65. The lowest BCUT2D eigenvalue weighted by atomic mass is 10.1. The lowest BCUT2D eigenvalue weighted by Gasteiger charge is -2.16. The molecule has 1 aromatic rings. The van der Waals surface area contributed by atoms with Crippen LogP contribution in [0.25, 0.3) is 0 Å². The van der Waals surface area contributed by atoms with Gasteiger partial charge in [0.1, 0.15) is 4.75 Å². The minimum Gasteiger partial charge on any atom is -0.468 e. The molecule has 0 spiro atoms. The molecule has 1 aromatic carbocycles. The summed E-state index contributed by atoms with van der Waals surface area (Å²) >= 11 is 1.68. The maximum atomic E-state index is 11.7. The molecule has 0 amide bonds. The summed E-state index contributed by atoms with van der Waals surface area (Å²) in [5.74, 6) is -0.0816. The average Bonchev–Trinajstić information content (AvgIpc) is 3.03. The molecule has 0 heterocycles. The fourth-order valence-electron chi connectivity index (χ4n) is 2.17. The predicted molar refractivity (Wildman–Crippen MR) is 70.5 cm³/mol. The van der Waals surface area contributed by atoms with E-state index in [4.69, 9.17) is 4.74 Å². The van der Waals surface area contributed by atoms with Gasteiger partial charge >= 0.3 is 5.97 Å².